The van der Waals surface area contributed by atoms with Crippen LogP contribution in [0.15, 0.2) is 72.8 Å². The Morgan fingerprint density at radius 1 is 0.667 bits per heavy atom. The van der Waals surface area contributed by atoms with Crippen LogP contribution in [-0.2, 0) is 6.42 Å². The molecule has 21 heavy (non-hydrogen) atoms. The lowest BCUT2D eigenvalue weighted by Gasteiger charge is -2.18. The molecule has 2 heteroatoms. The first kappa shape index (κ1) is 12.2. The van der Waals surface area contributed by atoms with Crippen LogP contribution in [0.25, 0.3) is 11.1 Å². The van der Waals surface area contributed by atoms with Gasteiger partial charge in [0.1, 0.15) is 0 Å². The van der Waals surface area contributed by atoms with E-state index < -0.39 is 0 Å². The number of nitrogens with zero attached hydrogens (tertiary/aromatic N) is 1. The fourth-order valence-corrected chi connectivity index (χ4v) is 2.98. The molecular weight excluding hydrogens is 258 g/mol. The fourth-order valence-electron chi connectivity index (χ4n) is 2.98. The summed E-state index contributed by atoms with van der Waals surface area (Å²) in [5.41, 5.74) is 6.78. The lowest BCUT2D eigenvalue weighted by atomic mass is 10.1. The van der Waals surface area contributed by atoms with Gasteiger partial charge in [0.15, 0.2) is 0 Å². The molecule has 3 aromatic rings. The van der Waals surface area contributed by atoms with Crippen molar-refractivity contribution in [3.05, 3.63) is 83.9 Å². The van der Waals surface area contributed by atoms with Crippen LogP contribution in [0.5, 0.6) is 0 Å². The van der Waals surface area contributed by atoms with Crippen LogP contribution in [0.4, 0.5) is 11.4 Å². The molecule has 1 aliphatic rings. The van der Waals surface area contributed by atoms with E-state index in [-0.39, 0.29) is 0 Å². The predicted molar refractivity (Wildman–Crippen MR) is 85.1 cm³/mol. The molecule has 0 radical (unpaired) electrons. The first-order valence-corrected chi connectivity index (χ1v) is 7.08. The van der Waals surface area contributed by atoms with Gasteiger partial charge in [-0.1, -0.05) is 48.5 Å². The molecule has 2 nitrogen and oxygen atoms in total. The Bertz CT molecular complexity index is 796. The molecule has 0 saturated heterocycles. The van der Waals surface area contributed by atoms with Gasteiger partial charge in [-0.25, -0.2) is 5.06 Å². The summed E-state index contributed by atoms with van der Waals surface area (Å²) >= 11 is 0. The van der Waals surface area contributed by atoms with Crippen LogP contribution >= 0.6 is 0 Å². The largest absolute Gasteiger partial charge is 0.284 e. The van der Waals surface area contributed by atoms with Gasteiger partial charge in [0, 0.05) is 0 Å². The van der Waals surface area contributed by atoms with Crippen LogP contribution in [0.1, 0.15) is 11.1 Å². The predicted octanol–water partition coefficient (Wildman–Crippen LogP) is 4.79. The highest BCUT2D eigenvalue weighted by molar-refractivity contribution is 5.79. The standard InChI is InChI=1S/C19H15NO/c21-20(16-7-2-1-3-8-16)17-10-11-19-15(13-17)12-14-6-4-5-9-18(14)19/h1-11,13,21H,12H2. The molecule has 0 fully saturated rings. The molecule has 0 amide bonds. The highest BCUT2D eigenvalue weighted by atomic mass is 16.5. The van der Waals surface area contributed by atoms with Crippen molar-refractivity contribution in [2.75, 3.05) is 5.06 Å². The lowest BCUT2D eigenvalue weighted by Crippen LogP contribution is -2.10. The second kappa shape index (κ2) is 4.76. The van der Waals surface area contributed by atoms with E-state index >= 15 is 0 Å². The zero-order valence-electron chi connectivity index (χ0n) is 11.5. The van der Waals surface area contributed by atoms with Crippen molar-refractivity contribution >= 4 is 11.4 Å². The third kappa shape index (κ3) is 2.01. The maximum atomic E-state index is 10.4. The van der Waals surface area contributed by atoms with Crippen LogP contribution in [0.2, 0.25) is 0 Å². The molecule has 1 aliphatic carbocycles. The Balaban J connectivity index is 1.74. The summed E-state index contributed by atoms with van der Waals surface area (Å²) in [7, 11) is 0. The van der Waals surface area contributed by atoms with Gasteiger partial charge in [0.25, 0.3) is 0 Å². The first-order valence-electron chi connectivity index (χ1n) is 7.08. The minimum atomic E-state index is 0.771. The topological polar surface area (TPSA) is 23.5 Å². The van der Waals surface area contributed by atoms with Crippen molar-refractivity contribution in [2.45, 2.75) is 6.42 Å². The minimum absolute atomic E-state index is 0.771. The summed E-state index contributed by atoms with van der Waals surface area (Å²) < 4.78 is 0. The molecule has 1 N–H and O–H groups in total. The van der Waals surface area contributed by atoms with Gasteiger partial charge in [0.05, 0.1) is 11.4 Å². The Morgan fingerprint density at radius 2 is 1.38 bits per heavy atom. The maximum Gasteiger partial charge on any atom is 0.0696 e. The molecule has 0 aliphatic heterocycles. The molecule has 0 bridgehead atoms. The van der Waals surface area contributed by atoms with Gasteiger partial charge in [-0.2, -0.15) is 0 Å². The van der Waals surface area contributed by atoms with E-state index in [2.05, 4.69) is 36.4 Å². The second-order valence-electron chi connectivity index (χ2n) is 5.32. The summed E-state index contributed by atoms with van der Waals surface area (Å²) in [5.74, 6) is 0. The third-order valence-electron chi connectivity index (χ3n) is 4.02. The smallest absolute Gasteiger partial charge is 0.0696 e. The third-order valence-corrected chi connectivity index (χ3v) is 4.02. The van der Waals surface area contributed by atoms with Crippen molar-refractivity contribution in [2.24, 2.45) is 0 Å². The SMILES string of the molecule is ON(c1ccccc1)c1ccc2c(c1)Cc1ccccc1-2. The summed E-state index contributed by atoms with van der Waals surface area (Å²) in [6.07, 6.45) is 0.933. The van der Waals surface area contributed by atoms with Crippen molar-refractivity contribution < 1.29 is 5.21 Å². The quantitative estimate of drug-likeness (QED) is 0.531. The number of para-hydroxylation sites is 1. The van der Waals surface area contributed by atoms with Gasteiger partial charge >= 0.3 is 0 Å². The number of benzene rings is 3. The Kier molecular flexibility index (Phi) is 2.76. The van der Waals surface area contributed by atoms with Crippen LogP contribution in [0.3, 0.4) is 0 Å². The van der Waals surface area contributed by atoms with Crippen LogP contribution < -0.4 is 5.06 Å². The van der Waals surface area contributed by atoms with Gasteiger partial charge in [-0.3, -0.25) is 5.21 Å². The second-order valence-corrected chi connectivity index (χ2v) is 5.32. The van der Waals surface area contributed by atoms with E-state index in [4.69, 9.17) is 0 Å². The van der Waals surface area contributed by atoms with Crippen LogP contribution in [0, 0.1) is 0 Å². The number of hydrogen-bond acceptors (Lipinski definition) is 2. The molecule has 0 aromatic heterocycles. The van der Waals surface area contributed by atoms with Gasteiger partial charge in [-0.05, 0) is 52.9 Å². The number of hydrogen-bond donors (Lipinski definition) is 1. The van der Waals surface area contributed by atoms with E-state index in [0.29, 0.717) is 0 Å². The Morgan fingerprint density at radius 3 is 2.24 bits per heavy atom. The molecular formula is C19H15NO. The number of fused-ring (bicyclic) bond motifs is 3. The van der Waals surface area contributed by atoms with E-state index in [9.17, 15) is 5.21 Å². The Labute approximate surface area is 123 Å². The van der Waals surface area contributed by atoms with Gasteiger partial charge in [0.2, 0.25) is 0 Å². The zero-order chi connectivity index (χ0) is 14.2. The lowest BCUT2D eigenvalue weighted by molar-refractivity contribution is 0.301. The van der Waals surface area contributed by atoms with Crippen molar-refractivity contribution in [1.82, 2.24) is 0 Å². The Hall–Kier alpha value is -2.58. The van der Waals surface area contributed by atoms with Crippen LogP contribution in [-0.4, -0.2) is 5.21 Å². The molecule has 102 valence electrons. The molecule has 0 saturated carbocycles. The zero-order valence-corrected chi connectivity index (χ0v) is 11.5. The molecule has 3 aromatic carbocycles. The molecule has 4 rings (SSSR count). The molecule has 0 heterocycles. The molecule has 0 spiro atoms. The normalized spacial score (nSPS) is 11.9. The van der Waals surface area contributed by atoms with Gasteiger partial charge in [-0.15, -0.1) is 0 Å². The highest BCUT2D eigenvalue weighted by Crippen LogP contribution is 2.38. The van der Waals surface area contributed by atoms with E-state index in [1.165, 1.54) is 27.3 Å². The van der Waals surface area contributed by atoms with Crippen molar-refractivity contribution in [3.63, 3.8) is 0 Å². The van der Waals surface area contributed by atoms with Crippen molar-refractivity contribution in [3.8, 4) is 11.1 Å². The van der Waals surface area contributed by atoms with E-state index in [1.54, 1.807) is 0 Å². The minimum Gasteiger partial charge on any atom is -0.284 e. The summed E-state index contributed by atoms with van der Waals surface area (Å²) in [6, 6.07) is 24.2. The fraction of sp³-hybridized carbons (Fsp3) is 0.0526. The van der Waals surface area contributed by atoms with Gasteiger partial charge < -0.3 is 0 Å². The molecule has 0 unspecified atom stereocenters. The summed E-state index contributed by atoms with van der Waals surface area (Å²) in [5, 5.41) is 11.6. The maximum absolute atomic E-state index is 10.4. The average Bonchev–Trinajstić information content (AvgIpc) is 2.92. The monoisotopic (exact) mass is 273 g/mol. The summed E-state index contributed by atoms with van der Waals surface area (Å²) in [4.78, 5) is 0. The van der Waals surface area contributed by atoms with E-state index in [1.807, 2.05) is 36.4 Å². The van der Waals surface area contributed by atoms with Crippen molar-refractivity contribution in [1.29, 1.82) is 0 Å². The van der Waals surface area contributed by atoms with E-state index in [0.717, 1.165) is 17.8 Å². The number of anilines is 2. The molecule has 0 atom stereocenters. The highest BCUT2D eigenvalue weighted by Gasteiger charge is 2.19. The first-order chi connectivity index (χ1) is 10.3. The number of rotatable bonds is 2. The average molecular weight is 273 g/mol. The summed E-state index contributed by atoms with van der Waals surface area (Å²) in [6.45, 7) is 0.